The third-order valence-electron chi connectivity index (χ3n) is 2.57. The number of nitrogens with zero attached hydrogens (tertiary/aromatic N) is 4. The molecule has 1 fully saturated rings. The van der Waals surface area contributed by atoms with Crippen LogP contribution in [-0.4, -0.2) is 20.2 Å². The molecule has 2 rings (SSSR count). The molecule has 0 saturated heterocycles. The fraction of sp³-hybridized carbons (Fsp3) is 0.875. The van der Waals surface area contributed by atoms with E-state index >= 15 is 0 Å². The Labute approximate surface area is 82.3 Å². The Hall–Kier alpha value is -0.640. The molecule has 0 radical (unpaired) electrons. The average Bonchev–Trinajstić information content (AvgIpc) is 2.44. The normalized spacial score (nSPS) is 19.8. The SMILES string of the molecule is CC(Cl)c1nnnn1CC1CCC1. The van der Waals surface area contributed by atoms with Crippen molar-refractivity contribution in [2.24, 2.45) is 5.92 Å². The Kier molecular flexibility index (Phi) is 2.49. The van der Waals surface area contributed by atoms with Crippen LogP contribution in [0.15, 0.2) is 0 Å². The Bertz CT molecular complexity index is 279. The van der Waals surface area contributed by atoms with Crippen molar-refractivity contribution in [3.05, 3.63) is 5.82 Å². The van der Waals surface area contributed by atoms with Crippen LogP contribution in [0.3, 0.4) is 0 Å². The van der Waals surface area contributed by atoms with Gasteiger partial charge in [0.25, 0.3) is 0 Å². The van der Waals surface area contributed by atoms with Crippen LogP contribution in [0.4, 0.5) is 0 Å². The van der Waals surface area contributed by atoms with Crippen LogP contribution in [0.5, 0.6) is 0 Å². The van der Waals surface area contributed by atoms with Gasteiger partial charge < -0.3 is 0 Å². The van der Waals surface area contributed by atoms with E-state index in [1.54, 1.807) is 0 Å². The van der Waals surface area contributed by atoms with Crippen LogP contribution < -0.4 is 0 Å². The lowest BCUT2D eigenvalue weighted by Crippen LogP contribution is -2.20. The van der Waals surface area contributed by atoms with Crippen molar-refractivity contribution in [3.8, 4) is 0 Å². The summed E-state index contributed by atoms with van der Waals surface area (Å²) >= 11 is 5.93. The smallest absolute Gasteiger partial charge is 0.168 e. The zero-order valence-corrected chi connectivity index (χ0v) is 8.41. The van der Waals surface area contributed by atoms with Crippen LogP contribution in [0.1, 0.15) is 37.4 Å². The second-order valence-electron chi connectivity index (χ2n) is 3.63. The van der Waals surface area contributed by atoms with E-state index in [0.717, 1.165) is 18.3 Å². The van der Waals surface area contributed by atoms with Gasteiger partial charge in [-0.1, -0.05) is 6.42 Å². The molecular formula is C8H13ClN4. The van der Waals surface area contributed by atoms with Crippen LogP contribution in [-0.2, 0) is 6.54 Å². The molecule has 1 heterocycles. The first kappa shape index (κ1) is 8.94. The summed E-state index contributed by atoms with van der Waals surface area (Å²) < 4.78 is 1.83. The lowest BCUT2D eigenvalue weighted by molar-refractivity contribution is 0.261. The second-order valence-corrected chi connectivity index (χ2v) is 4.29. The van der Waals surface area contributed by atoms with Gasteiger partial charge in [0.2, 0.25) is 0 Å². The van der Waals surface area contributed by atoms with Gasteiger partial charge in [-0.15, -0.1) is 16.7 Å². The molecule has 5 heteroatoms. The molecule has 1 atom stereocenters. The van der Waals surface area contributed by atoms with Crippen molar-refractivity contribution in [2.45, 2.75) is 38.1 Å². The molecule has 1 saturated carbocycles. The molecule has 1 aliphatic carbocycles. The second kappa shape index (κ2) is 3.62. The third-order valence-corrected chi connectivity index (χ3v) is 2.77. The summed E-state index contributed by atoms with van der Waals surface area (Å²) in [5, 5.41) is 11.4. The fourth-order valence-electron chi connectivity index (χ4n) is 1.55. The maximum absolute atomic E-state index is 5.93. The van der Waals surface area contributed by atoms with Crippen molar-refractivity contribution in [3.63, 3.8) is 0 Å². The molecule has 72 valence electrons. The Morgan fingerprint density at radius 3 is 2.92 bits per heavy atom. The van der Waals surface area contributed by atoms with Crippen LogP contribution >= 0.6 is 11.6 Å². The summed E-state index contributed by atoms with van der Waals surface area (Å²) in [6.45, 7) is 2.82. The first-order chi connectivity index (χ1) is 6.27. The largest absolute Gasteiger partial charge is 0.228 e. The highest BCUT2D eigenvalue weighted by molar-refractivity contribution is 6.20. The van der Waals surface area contributed by atoms with E-state index in [2.05, 4.69) is 15.5 Å². The predicted octanol–water partition coefficient (Wildman–Crippen LogP) is 1.77. The highest BCUT2D eigenvalue weighted by Crippen LogP contribution is 2.28. The minimum absolute atomic E-state index is 0.102. The lowest BCUT2D eigenvalue weighted by Gasteiger charge is -2.25. The summed E-state index contributed by atoms with van der Waals surface area (Å²) in [5.41, 5.74) is 0. The summed E-state index contributed by atoms with van der Waals surface area (Å²) in [4.78, 5) is 0. The molecule has 4 nitrogen and oxygen atoms in total. The monoisotopic (exact) mass is 200 g/mol. The molecular weight excluding hydrogens is 188 g/mol. The molecule has 1 aliphatic rings. The van der Waals surface area contributed by atoms with Gasteiger partial charge >= 0.3 is 0 Å². The van der Waals surface area contributed by atoms with Gasteiger partial charge in [-0.25, -0.2) is 4.68 Å². The number of hydrogen-bond donors (Lipinski definition) is 0. The number of hydrogen-bond acceptors (Lipinski definition) is 3. The molecule has 1 aromatic rings. The van der Waals surface area contributed by atoms with Crippen molar-refractivity contribution in [1.29, 1.82) is 0 Å². The van der Waals surface area contributed by atoms with E-state index in [-0.39, 0.29) is 5.38 Å². The molecule has 1 aromatic heterocycles. The predicted molar refractivity (Wildman–Crippen MR) is 49.4 cm³/mol. The molecule has 0 aromatic carbocycles. The standard InChI is InChI=1S/C8H13ClN4/c1-6(9)8-10-11-12-13(8)5-7-3-2-4-7/h6-7H,2-5H2,1H3. The average molecular weight is 201 g/mol. The maximum Gasteiger partial charge on any atom is 0.168 e. The molecule has 0 N–H and O–H groups in total. The molecule has 1 unspecified atom stereocenters. The first-order valence-corrected chi connectivity index (χ1v) is 5.11. The Morgan fingerprint density at radius 2 is 2.38 bits per heavy atom. The third kappa shape index (κ3) is 1.82. The maximum atomic E-state index is 5.93. The topological polar surface area (TPSA) is 43.6 Å². The Morgan fingerprint density at radius 1 is 1.62 bits per heavy atom. The van der Waals surface area contributed by atoms with E-state index < -0.39 is 0 Å². The van der Waals surface area contributed by atoms with Crippen molar-refractivity contribution >= 4 is 11.6 Å². The van der Waals surface area contributed by atoms with Gasteiger partial charge in [-0.3, -0.25) is 0 Å². The number of rotatable bonds is 3. The number of tetrazole rings is 1. The zero-order chi connectivity index (χ0) is 9.26. The molecule has 0 bridgehead atoms. The summed E-state index contributed by atoms with van der Waals surface area (Å²) in [6, 6.07) is 0. The first-order valence-electron chi connectivity index (χ1n) is 4.67. The minimum atomic E-state index is -0.102. The van der Waals surface area contributed by atoms with Crippen LogP contribution in [0, 0.1) is 5.92 Å². The summed E-state index contributed by atoms with van der Waals surface area (Å²) in [5.74, 6) is 1.55. The number of halogens is 1. The van der Waals surface area contributed by atoms with E-state index in [1.807, 2.05) is 11.6 Å². The van der Waals surface area contributed by atoms with Gasteiger partial charge in [0.15, 0.2) is 5.82 Å². The van der Waals surface area contributed by atoms with E-state index in [0.29, 0.717) is 0 Å². The van der Waals surface area contributed by atoms with E-state index in [1.165, 1.54) is 19.3 Å². The Balaban J connectivity index is 2.05. The van der Waals surface area contributed by atoms with E-state index in [4.69, 9.17) is 11.6 Å². The molecule has 0 spiro atoms. The van der Waals surface area contributed by atoms with Gasteiger partial charge in [0.05, 0.1) is 5.38 Å². The highest BCUT2D eigenvalue weighted by Gasteiger charge is 2.21. The van der Waals surface area contributed by atoms with Crippen LogP contribution in [0.2, 0.25) is 0 Å². The van der Waals surface area contributed by atoms with Crippen LogP contribution in [0.25, 0.3) is 0 Å². The summed E-state index contributed by atoms with van der Waals surface area (Å²) in [7, 11) is 0. The quantitative estimate of drug-likeness (QED) is 0.699. The zero-order valence-electron chi connectivity index (χ0n) is 7.65. The minimum Gasteiger partial charge on any atom is -0.228 e. The van der Waals surface area contributed by atoms with Gasteiger partial charge in [-0.2, -0.15) is 0 Å². The fourth-order valence-corrected chi connectivity index (χ4v) is 1.70. The van der Waals surface area contributed by atoms with Gasteiger partial charge in [0, 0.05) is 6.54 Å². The summed E-state index contributed by atoms with van der Waals surface area (Å²) in [6.07, 6.45) is 3.95. The molecule has 0 aliphatic heterocycles. The highest BCUT2D eigenvalue weighted by atomic mass is 35.5. The number of aromatic nitrogens is 4. The number of alkyl halides is 1. The van der Waals surface area contributed by atoms with Crippen molar-refractivity contribution in [1.82, 2.24) is 20.2 Å². The molecule has 0 amide bonds. The van der Waals surface area contributed by atoms with Gasteiger partial charge in [0.1, 0.15) is 0 Å². The lowest BCUT2D eigenvalue weighted by atomic mass is 9.85. The van der Waals surface area contributed by atoms with Gasteiger partial charge in [-0.05, 0) is 36.1 Å². The molecule has 13 heavy (non-hydrogen) atoms. The van der Waals surface area contributed by atoms with Crippen molar-refractivity contribution < 1.29 is 0 Å². The van der Waals surface area contributed by atoms with Crippen molar-refractivity contribution in [2.75, 3.05) is 0 Å². The van der Waals surface area contributed by atoms with E-state index in [9.17, 15) is 0 Å².